The Labute approximate surface area is 262 Å². The predicted octanol–water partition coefficient (Wildman–Crippen LogP) is 7.39. The highest BCUT2D eigenvalue weighted by atomic mass is 32.2. The summed E-state index contributed by atoms with van der Waals surface area (Å²) in [7, 11) is 3.10. The molecule has 238 valence electrons. The van der Waals surface area contributed by atoms with Crippen LogP contribution in [-0.2, 0) is 37.0 Å². The van der Waals surface area contributed by atoms with Gasteiger partial charge in [-0.05, 0) is 59.7 Å². The van der Waals surface area contributed by atoms with E-state index in [0.29, 0.717) is 28.1 Å². The van der Waals surface area contributed by atoms with Crippen molar-refractivity contribution in [3.8, 4) is 11.5 Å². The van der Waals surface area contributed by atoms with Crippen LogP contribution in [0.25, 0.3) is 0 Å². The monoisotopic (exact) mass is 643 g/mol. The summed E-state index contributed by atoms with van der Waals surface area (Å²) in [6.07, 6.45) is -6.36. The first-order chi connectivity index (χ1) is 21.5. The number of ether oxygens (including phenoxy) is 3. The van der Waals surface area contributed by atoms with Gasteiger partial charge in [-0.15, -0.1) is 0 Å². The van der Waals surface area contributed by atoms with Gasteiger partial charge in [0.15, 0.2) is 11.0 Å². The minimum atomic E-state index is -4.86. The fourth-order valence-electron chi connectivity index (χ4n) is 5.49. The van der Waals surface area contributed by atoms with Gasteiger partial charge in [-0.25, -0.2) is 9.37 Å². The van der Waals surface area contributed by atoms with E-state index in [4.69, 9.17) is 14.2 Å². The highest BCUT2D eigenvalue weighted by Crippen LogP contribution is 2.45. The van der Waals surface area contributed by atoms with Crippen molar-refractivity contribution in [3.63, 3.8) is 0 Å². The number of aromatic nitrogens is 2. The molecule has 0 saturated carbocycles. The molecule has 12 heteroatoms. The molecule has 0 radical (unpaired) electrons. The molecule has 5 rings (SSSR count). The van der Waals surface area contributed by atoms with E-state index in [0.717, 1.165) is 11.1 Å². The van der Waals surface area contributed by atoms with Crippen LogP contribution in [0.15, 0.2) is 64.5 Å². The molecule has 1 atom stereocenters. The third-order valence-corrected chi connectivity index (χ3v) is 8.41. The zero-order valence-corrected chi connectivity index (χ0v) is 26.1. The van der Waals surface area contributed by atoms with Crippen LogP contribution in [0, 0.1) is 12.7 Å². The third-order valence-electron chi connectivity index (χ3n) is 7.66. The number of fused-ring (bicyclic) bond motifs is 1. The molecule has 1 aliphatic rings. The van der Waals surface area contributed by atoms with Crippen molar-refractivity contribution in [1.82, 2.24) is 9.97 Å². The van der Waals surface area contributed by atoms with E-state index < -0.39 is 34.8 Å². The average Bonchev–Trinajstić information content (AvgIpc) is 3.01. The molecule has 45 heavy (non-hydrogen) atoms. The number of H-pyrrole nitrogens is 1. The van der Waals surface area contributed by atoms with E-state index in [-0.39, 0.29) is 42.9 Å². The van der Waals surface area contributed by atoms with Gasteiger partial charge < -0.3 is 24.1 Å². The Morgan fingerprint density at radius 1 is 1.02 bits per heavy atom. The fourth-order valence-corrected chi connectivity index (χ4v) is 6.10. The molecule has 0 bridgehead atoms. The zero-order valence-electron chi connectivity index (χ0n) is 25.3. The smallest absolute Gasteiger partial charge is 0.417 e. The third kappa shape index (κ3) is 7.12. The second-order valence-corrected chi connectivity index (χ2v) is 11.9. The number of hydrogen-bond donors (Lipinski definition) is 1. The summed E-state index contributed by atoms with van der Waals surface area (Å²) in [4.78, 5) is 21.5. The van der Waals surface area contributed by atoms with Gasteiger partial charge in [0.05, 0.1) is 49.4 Å². The summed E-state index contributed by atoms with van der Waals surface area (Å²) >= 11 is 1.30. The number of methoxy groups -OCH3 is 2. The highest BCUT2D eigenvalue weighted by molar-refractivity contribution is 7.99. The summed E-state index contributed by atoms with van der Waals surface area (Å²) in [5, 5.41) is 0.355. The highest BCUT2D eigenvalue weighted by Gasteiger charge is 2.42. The maximum absolute atomic E-state index is 16.8. The quantitative estimate of drug-likeness (QED) is 0.110. The van der Waals surface area contributed by atoms with Gasteiger partial charge in [0.2, 0.25) is 0 Å². The topological polar surface area (TPSA) is 76.7 Å². The SMILES string of the molecule is CCSc1nc2c(c(=O)[nH]1)COC(c1c(F)c(N(Cc3ccc(OC)cc3)Cc3ccc(OC)cc3)cc(C)c1C(F)(F)F)C2. The second kappa shape index (κ2) is 13.5. The van der Waals surface area contributed by atoms with E-state index in [1.54, 1.807) is 43.4 Å². The summed E-state index contributed by atoms with van der Waals surface area (Å²) in [5.41, 5.74) is -0.102. The summed E-state index contributed by atoms with van der Waals surface area (Å²) in [6.45, 7) is 3.31. The lowest BCUT2D eigenvalue weighted by molar-refractivity contribution is -0.140. The number of halogens is 4. The van der Waals surface area contributed by atoms with Crippen molar-refractivity contribution < 1.29 is 31.8 Å². The molecule has 4 aromatic rings. The van der Waals surface area contributed by atoms with Crippen LogP contribution in [0.5, 0.6) is 11.5 Å². The molecule has 0 amide bonds. The molecule has 0 saturated heterocycles. The molecule has 0 fully saturated rings. The van der Waals surface area contributed by atoms with Crippen molar-refractivity contribution in [3.05, 3.63) is 110 Å². The van der Waals surface area contributed by atoms with Crippen molar-refractivity contribution in [2.75, 3.05) is 24.9 Å². The molecule has 3 aromatic carbocycles. The number of rotatable bonds is 10. The molecule has 1 aliphatic heterocycles. The van der Waals surface area contributed by atoms with Gasteiger partial charge in [0, 0.05) is 25.1 Å². The summed E-state index contributed by atoms with van der Waals surface area (Å²) in [6, 6.07) is 15.6. The number of alkyl halides is 3. The minimum Gasteiger partial charge on any atom is -0.497 e. The number of anilines is 1. The normalized spacial score (nSPS) is 14.6. The maximum atomic E-state index is 16.8. The van der Waals surface area contributed by atoms with Crippen molar-refractivity contribution in [1.29, 1.82) is 0 Å². The maximum Gasteiger partial charge on any atom is 0.417 e. The number of thioether (sulfide) groups is 1. The van der Waals surface area contributed by atoms with E-state index in [1.165, 1.54) is 24.8 Å². The van der Waals surface area contributed by atoms with Gasteiger partial charge in [-0.3, -0.25) is 4.79 Å². The van der Waals surface area contributed by atoms with Crippen LogP contribution in [-0.4, -0.2) is 29.9 Å². The molecule has 0 aliphatic carbocycles. The Balaban J connectivity index is 1.62. The number of aromatic amines is 1. The Morgan fingerprint density at radius 3 is 2.11 bits per heavy atom. The molecule has 2 heterocycles. The molecule has 7 nitrogen and oxygen atoms in total. The van der Waals surface area contributed by atoms with E-state index in [9.17, 15) is 18.0 Å². The lowest BCUT2D eigenvalue weighted by atomic mass is 9.91. The first kappa shape index (κ1) is 32.4. The van der Waals surface area contributed by atoms with Gasteiger partial charge in [0.25, 0.3) is 5.56 Å². The lowest BCUT2D eigenvalue weighted by Crippen LogP contribution is -2.30. The molecular formula is C33H33F4N3O4S. The number of nitrogens with zero attached hydrogens (tertiary/aromatic N) is 2. The second-order valence-electron chi connectivity index (χ2n) is 10.6. The van der Waals surface area contributed by atoms with Crippen molar-refractivity contribution >= 4 is 17.4 Å². The van der Waals surface area contributed by atoms with Gasteiger partial charge in [0.1, 0.15) is 11.5 Å². The molecule has 1 unspecified atom stereocenters. The molecule has 0 spiro atoms. The summed E-state index contributed by atoms with van der Waals surface area (Å²) in [5.74, 6) is 0.883. The predicted molar refractivity (Wildman–Crippen MR) is 165 cm³/mol. The van der Waals surface area contributed by atoms with Crippen LogP contribution in [0.3, 0.4) is 0 Å². The number of benzene rings is 3. The molecule has 1 aromatic heterocycles. The van der Waals surface area contributed by atoms with Crippen LogP contribution >= 0.6 is 11.8 Å². The molecule has 1 N–H and O–H groups in total. The summed E-state index contributed by atoms with van der Waals surface area (Å²) < 4.78 is 77.0. The fraction of sp³-hybridized carbons (Fsp3) is 0.333. The van der Waals surface area contributed by atoms with Crippen molar-refractivity contribution in [2.45, 2.75) is 57.4 Å². The number of hydrogen-bond acceptors (Lipinski definition) is 7. The zero-order chi connectivity index (χ0) is 32.3. The Hall–Kier alpha value is -4.03. The van der Waals surface area contributed by atoms with Crippen LogP contribution in [0.4, 0.5) is 23.2 Å². The first-order valence-corrected chi connectivity index (χ1v) is 15.3. The van der Waals surface area contributed by atoms with Crippen LogP contribution in [0.1, 0.15) is 52.1 Å². The Morgan fingerprint density at radius 2 is 1.60 bits per heavy atom. The molecular weight excluding hydrogens is 610 g/mol. The van der Waals surface area contributed by atoms with Gasteiger partial charge >= 0.3 is 6.18 Å². The number of aryl methyl sites for hydroxylation is 1. The standard InChI is InChI=1S/C33H33F4N3O4S/c1-5-45-32-38-25-15-27(44-18-24(25)31(41)39-32)28-29(33(35,36)37)19(2)14-26(30(28)34)40(16-20-6-10-22(42-3)11-7-20)17-21-8-12-23(43-4)13-9-21/h6-14,27H,5,15-18H2,1-4H3,(H,38,39,41). The largest absolute Gasteiger partial charge is 0.497 e. The lowest BCUT2D eigenvalue weighted by Gasteiger charge is -2.32. The van der Waals surface area contributed by atoms with Gasteiger partial charge in [-0.2, -0.15) is 13.2 Å². The number of nitrogens with one attached hydrogen (secondary N) is 1. The Kier molecular flexibility index (Phi) is 9.73. The van der Waals surface area contributed by atoms with Crippen LogP contribution < -0.4 is 19.9 Å². The first-order valence-electron chi connectivity index (χ1n) is 14.3. The van der Waals surface area contributed by atoms with Gasteiger partial charge in [-0.1, -0.05) is 43.0 Å². The van der Waals surface area contributed by atoms with E-state index in [1.807, 2.05) is 31.2 Å². The van der Waals surface area contributed by atoms with E-state index in [2.05, 4.69) is 9.97 Å². The Bertz CT molecular complexity index is 1660. The minimum absolute atomic E-state index is 0.00220. The average molecular weight is 644 g/mol. The van der Waals surface area contributed by atoms with Crippen molar-refractivity contribution in [2.24, 2.45) is 0 Å². The van der Waals surface area contributed by atoms with Crippen LogP contribution in [0.2, 0.25) is 0 Å². The van der Waals surface area contributed by atoms with E-state index >= 15 is 4.39 Å².